The zero-order chi connectivity index (χ0) is 16.2. The lowest BCUT2D eigenvalue weighted by atomic mass is 10.2. The number of rotatable bonds is 4. The summed E-state index contributed by atoms with van der Waals surface area (Å²) in [5, 5.41) is 7.17. The molecule has 3 heterocycles. The van der Waals surface area contributed by atoms with Crippen LogP contribution in [0, 0.1) is 6.92 Å². The van der Waals surface area contributed by atoms with Crippen LogP contribution < -0.4 is 5.32 Å². The Hall–Kier alpha value is -2.48. The van der Waals surface area contributed by atoms with Gasteiger partial charge in [0.1, 0.15) is 24.2 Å². The molecule has 2 aromatic heterocycles. The van der Waals surface area contributed by atoms with Crippen molar-refractivity contribution in [3.63, 3.8) is 0 Å². The van der Waals surface area contributed by atoms with Gasteiger partial charge in [-0.05, 0) is 12.5 Å². The minimum Gasteiger partial charge on any atom is -0.372 e. The number of hydrogen-bond acceptors (Lipinski definition) is 6. The standard InChI is InChI=1S/C15H20N6O2/c1-11-7-19-21(8-11)10-13(22)20-5-6-23-12(9-20)14-15(16-2)18-4-3-17-14/h3-4,7-8,12H,5-6,9-10H2,1-2H3,(H,16,18)/t12-/m0/s1. The lowest BCUT2D eigenvalue weighted by molar-refractivity contribution is -0.140. The fourth-order valence-corrected chi connectivity index (χ4v) is 2.61. The van der Waals surface area contributed by atoms with Crippen LogP contribution in [0.2, 0.25) is 0 Å². The van der Waals surface area contributed by atoms with Gasteiger partial charge in [-0.1, -0.05) is 0 Å². The van der Waals surface area contributed by atoms with Gasteiger partial charge in [-0.3, -0.25) is 14.5 Å². The number of aromatic nitrogens is 4. The average Bonchev–Trinajstić information content (AvgIpc) is 2.99. The van der Waals surface area contributed by atoms with Crippen molar-refractivity contribution in [2.45, 2.75) is 19.6 Å². The van der Waals surface area contributed by atoms with Crippen molar-refractivity contribution in [3.05, 3.63) is 36.0 Å². The van der Waals surface area contributed by atoms with Gasteiger partial charge in [0, 0.05) is 32.2 Å². The van der Waals surface area contributed by atoms with E-state index in [0.717, 1.165) is 11.3 Å². The van der Waals surface area contributed by atoms with Crippen LogP contribution in [0.15, 0.2) is 24.8 Å². The van der Waals surface area contributed by atoms with Crippen LogP contribution in [0.1, 0.15) is 17.4 Å². The number of carbonyl (C=O) groups is 1. The van der Waals surface area contributed by atoms with E-state index < -0.39 is 0 Å². The van der Waals surface area contributed by atoms with E-state index in [0.29, 0.717) is 25.5 Å². The number of morpholine rings is 1. The molecule has 3 rings (SSSR count). The molecule has 8 nitrogen and oxygen atoms in total. The highest BCUT2D eigenvalue weighted by atomic mass is 16.5. The Labute approximate surface area is 134 Å². The second-order valence-corrected chi connectivity index (χ2v) is 5.45. The summed E-state index contributed by atoms with van der Waals surface area (Å²) in [4.78, 5) is 22.8. The summed E-state index contributed by atoms with van der Waals surface area (Å²) in [6.45, 7) is 3.71. The summed E-state index contributed by atoms with van der Waals surface area (Å²) >= 11 is 0. The number of amides is 1. The van der Waals surface area contributed by atoms with Gasteiger partial charge in [0.25, 0.3) is 0 Å². The van der Waals surface area contributed by atoms with Crippen LogP contribution in [0.3, 0.4) is 0 Å². The molecule has 122 valence electrons. The molecular formula is C15H20N6O2. The molecule has 1 N–H and O–H groups in total. The lowest BCUT2D eigenvalue weighted by Gasteiger charge is -2.33. The molecule has 8 heteroatoms. The molecule has 0 aliphatic carbocycles. The molecule has 0 spiro atoms. The largest absolute Gasteiger partial charge is 0.372 e. The monoisotopic (exact) mass is 316 g/mol. The number of anilines is 1. The van der Waals surface area contributed by atoms with Crippen molar-refractivity contribution in [1.29, 1.82) is 0 Å². The highest BCUT2D eigenvalue weighted by molar-refractivity contribution is 5.76. The lowest BCUT2D eigenvalue weighted by Crippen LogP contribution is -2.44. The number of nitrogens with zero attached hydrogens (tertiary/aromatic N) is 5. The maximum absolute atomic E-state index is 12.5. The Balaban J connectivity index is 1.69. The number of nitrogens with one attached hydrogen (secondary N) is 1. The van der Waals surface area contributed by atoms with Crippen molar-refractivity contribution >= 4 is 11.7 Å². The van der Waals surface area contributed by atoms with Gasteiger partial charge in [-0.25, -0.2) is 4.98 Å². The molecule has 0 unspecified atom stereocenters. The van der Waals surface area contributed by atoms with E-state index in [1.165, 1.54) is 0 Å². The summed E-state index contributed by atoms with van der Waals surface area (Å²) in [5.74, 6) is 0.700. The number of hydrogen-bond donors (Lipinski definition) is 1. The second-order valence-electron chi connectivity index (χ2n) is 5.45. The fourth-order valence-electron chi connectivity index (χ4n) is 2.61. The molecule has 0 saturated carbocycles. The Kier molecular flexibility index (Phi) is 4.52. The predicted octanol–water partition coefficient (Wildman–Crippen LogP) is 0.623. The fraction of sp³-hybridized carbons (Fsp3) is 0.467. The summed E-state index contributed by atoms with van der Waals surface area (Å²) < 4.78 is 7.44. The van der Waals surface area contributed by atoms with Gasteiger partial charge < -0.3 is 15.0 Å². The summed E-state index contributed by atoms with van der Waals surface area (Å²) in [5.41, 5.74) is 1.76. The number of carbonyl (C=O) groups excluding carboxylic acids is 1. The smallest absolute Gasteiger partial charge is 0.244 e. The van der Waals surface area contributed by atoms with Crippen LogP contribution in [-0.4, -0.2) is 57.3 Å². The van der Waals surface area contributed by atoms with Crippen LogP contribution in [0.5, 0.6) is 0 Å². The Morgan fingerprint density at radius 1 is 1.43 bits per heavy atom. The molecule has 1 amide bonds. The Morgan fingerprint density at radius 2 is 2.26 bits per heavy atom. The predicted molar refractivity (Wildman–Crippen MR) is 83.8 cm³/mol. The van der Waals surface area contributed by atoms with E-state index in [-0.39, 0.29) is 18.6 Å². The van der Waals surface area contributed by atoms with Gasteiger partial charge in [-0.15, -0.1) is 0 Å². The van der Waals surface area contributed by atoms with Crippen LogP contribution in [-0.2, 0) is 16.1 Å². The van der Waals surface area contributed by atoms with Crippen molar-refractivity contribution in [1.82, 2.24) is 24.6 Å². The minimum atomic E-state index is -0.275. The van der Waals surface area contributed by atoms with Crippen molar-refractivity contribution in [3.8, 4) is 0 Å². The van der Waals surface area contributed by atoms with Gasteiger partial charge in [-0.2, -0.15) is 5.10 Å². The topological polar surface area (TPSA) is 85.2 Å². The molecule has 0 radical (unpaired) electrons. The van der Waals surface area contributed by atoms with E-state index >= 15 is 0 Å². The van der Waals surface area contributed by atoms with Crippen LogP contribution in [0.4, 0.5) is 5.82 Å². The third-order valence-corrected chi connectivity index (χ3v) is 3.75. The van der Waals surface area contributed by atoms with E-state index in [1.54, 1.807) is 35.2 Å². The molecule has 1 fully saturated rings. The summed E-state index contributed by atoms with van der Waals surface area (Å²) in [7, 11) is 1.79. The minimum absolute atomic E-state index is 0.0243. The third-order valence-electron chi connectivity index (χ3n) is 3.75. The first kappa shape index (κ1) is 15.4. The molecule has 1 aliphatic heterocycles. The highest BCUT2D eigenvalue weighted by Crippen LogP contribution is 2.25. The SMILES string of the molecule is CNc1nccnc1[C@@H]1CN(C(=O)Cn2cc(C)cn2)CCO1. The Bertz CT molecular complexity index is 686. The molecule has 1 aliphatic rings. The molecule has 23 heavy (non-hydrogen) atoms. The quantitative estimate of drug-likeness (QED) is 0.890. The number of ether oxygens (including phenoxy) is 1. The zero-order valence-electron chi connectivity index (χ0n) is 13.3. The van der Waals surface area contributed by atoms with E-state index in [4.69, 9.17) is 4.74 Å². The van der Waals surface area contributed by atoms with Gasteiger partial charge in [0.15, 0.2) is 0 Å². The molecule has 0 bridgehead atoms. The molecule has 0 aromatic carbocycles. The van der Waals surface area contributed by atoms with Crippen molar-refractivity contribution in [2.24, 2.45) is 0 Å². The van der Waals surface area contributed by atoms with Gasteiger partial charge in [0.2, 0.25) is 5.91 Å². The normalized spacial score (nSPS) is 18.0. The average molecular weight is 316 g/mol. The van der Waals surface area contributed by atoms with Crippen LogP contribution in [0.25, 0.3) is 0 Å². The summed E-state index contributed by atoms with van der Waals surface area (Å²) in [6.07, 6.45) is 6.59. The van der Waals surface area contributed by atoms with Gasteiger partial charge in [0.05, 0.1) is 19.3 Å². The summed E-state index contributed by atoms with van der Waals surface area (Å²) in [6, 6.07) is 0. The van der Waals surface area contributed by atoms with E-state index in [1.807, 2.05) is 13.1 Å². The molecule has 1 saturated heterocycles. The maximum Gasteiger partial charge on any atom is 0.244 e. The first-order valence-electron chi connectivity index (χ1n) is 7.54. The molecule has 1 atom stereocenters. The maximum atomic E-state index is 12.5. The highest BCUT2D eigenvalue weighted by Gasteiger charge is 2.28. The zero-order valence-corrected chi connectivity index (χ0v) is 13.3. The molecular weight excluding hydrogens is 296 g/mol. The third kappa shape index (κ3) is 3.48. The second kappa shape index (κ2) is 6.74. The van der Waals surface area contributed by atoms with E-state index in [2.05, 4.69) is 20.4 Å². The Morgan fingerprint density at radius 3 is 3.00 bits per heavy atom. The van der Waals surface area contributed by atoms with Crippen molar-refractivity contribution in [2.75, 3.05) is 32.1 Å². The van der Waals surface area contributed by atoms with E-state index in [9.17, 15) is 4.79 Å². The first-order chi connectivity index (χ1) is 11.2. The molecule has 2 aromatic rings. The van der Waals surface area contributed by atoms with Gasteiger partial charge >= 0.3 is 0 Å². The van der Waals surface area contributed by atoms with Crippen LogP contribution >= 0.6 is 0 Å². The first-order valence-corrected chi connectivity index (χ1v) is 7.54. The van der Waals surface area contributed by atoms with Crippen molar-refractivity contribution < 1.29 is 9.53 Å². The number of aryl methyl sites for hydroxylation is 1.